The van der Waals surface area contributed by atoms with Crippen LogP contribution in [0.2, 0.25) is 0 Å². The number of piperidine rings is 1. The van der Waals surface area contributed by atoms with Gasteiger partial charge in [0.15, 0.2) is 0 Å². The Morgan fingerprint density at radius 1 is 1.04 bits per heavy atom. The molecule has 6 heteroatoms. The second-order valence-electron chi connectivity index (χ2n) is 8.40. The number of sulfonamides is 1. The number of fused-ring (bicyclic) bond motifs is 4. The topological polar surface area (TPSA) is 59.4 Å². The van der Waals surface area contributed by atoms with Crippen molar-refractivity contribution in [3.05, 3.63) is 33.7 Å². The smallest absolute Gasteiger partial charge is 0.254 e. The summed E-state index contributed by atoms with van der Waals surface area (Å²) in [6.45, 7) is 3.67. The van der Waals surface area contributed by atoms with Gasteiger partial charge in [-0.25, -0.2) is 12.7 Å². The first-order chi connectivity index (χ1) is 12.5. The fourth-order valence-electron chi connectivity index (χ4n) is 5.26. The van der Waals surface area contributed by atoms with Crippen molar-refractivity contribution in [2.75, 3.05) is 18.8 Å². The molecule has 0 aromatic carbocycles. The molecule has 1 aromatic heterocycles. The molecule has 2 bridgehead atoms. The predicted octanol–water partition coefficient (Wildman–Crippen LogP) is 3.05. The molecule has 1 saturated carbocycles. The minimum Gasteiger partial charge on any atom is -0.312 e. The van der Waals surface area contributed by atoms with E-state index in [1.165, 1.54) is 19.3 Å². The summed E-state index contributed by atoms with van der Waals surface area (Å²) in [4.78, 5) is 13.2. The first-order valence-electron chi connectivity index (χ1n) is 10.2. The summed E-state index contributed by atoms with van der Waals surface area (Å²) in [5.74, 6) is 1.05. The summed E-state index contributed by atoms with van der Waals surface area (Å²) in [6.07, 6.45) is 7.64. The van der Waals surface area contributed by atoms with E-state index in [1.54, 1.807) is 4.31 Å². The Hall–Kier alpha value is -1.14. The van der Waals surface area contributed by atoms with Gasteiger partial charge in [0.25, 0.3) is 5.56 Å². The average molecular weight is 379 g/mol. The van der Waals surface area contributed by atoms with Gasteiger partial charge in [-0.15, -0.1) is 0 Å². The zero-order valence-electron chi connectivity index (χ0n) is 15.7. The lowest BCUT2D eigenvalue weighted by Gasteiger charge is -2.42. The van der Waals surface area contributed by atoms with Crippen LogP contribution in [0, 0.1) is 5.92 Å². The second kappa shape index (κ2) is 7.12. The number of pyridine rings is 1. The number of rotatable bonds is 4. The van der Waals surface area contributed by atoms with Crippen LogP contribution in [0.25, 0.3) is 0 Å². The van der Waals surface area contributed by atoms with Crippen molar-refractivity contribution in [2.24, 2.45) is 5.92 Å². The van der Waals surface area contributed by atoms with Gasteiger partial charge in [-0.1, -0.05) is 32.3 Å². The lowest BCUT2D eigenvalue weighted by atomic mass is 9.81. The van der Waals surface area contributed by atoms with Crippen molar-refractivity contribution in [1.29, 1.82) is 0 Å². The molecule has 1 aliphatic carbocycles. The van der Waals surface area contributed by atoms with Crippen molar-refractivity contribution in [1.82, 2.24) is 8.87 Å². The third-order valence-corrected chi connectivity index (χ3v) is 8.51. The van der Waals surface area contributed by atoms with Gasteiger partial charge in [-0.2, -0.15) is 0 Å². The Kier molecular flexibility index (Phi) is 4.99. The molecule has 2 atom stereocenters. The van der Waals surface area contributed by atoms with Gasteiger partial charge in [-0.05, 0) is 43.6 Å². The normalized spacial score (nSPS) is 27.3. The zero-order chi connectivity index (χ0) is 18.3. The third kappa shape index (κ3) is 3.26. The Morgan fingerprint density at radius 3 is 2.54 bits per heavy atom. The molecular weight excluding hydrogens is 348 g/mol. The van der Waals surface area contributed by atoms with Crippen LogP contribution in [0.5, 0.6) is 0 Å². The lowest BCUT2D eigenvalue weighted by Crippen LogP contribution is -2.50. The molecular formula is C20H30N2O3S. The minimum atomic E-state index is -3.17. The van der Waals surface area contributed by atoms with Crippen molar-refractivity contribution in [3.8, 4) is 0 Å². The number of aromatic nitrogens is 1. The van der Waals surface area contributed by atoms with Gasteiger partial charge < -0.3 is 4.57 Å². The molecule has 4 rings (SSSR count). The maximum absolute atomic E-state index is 13.2. The third-order valence-electron chi connectivity index (χ3n) is 6.50. The summed E-state index contributed by atoms with van der Waals surface area (Å²) >= 11 is 0. The van der Waals surface area contributed by atoms with Crippen LogP contribution in [0.1, 0.15) is 75.0 Å². The van der Waals surface area contributed by atoms with Gasteiger partial charge in [0.1, 0.15) is 0 Å². The molecule has 3 aliphatic rings. The van der Waals surface area contributed by atoms with E-state index in [2.05, 4.69) is 6.07 Å². The molecule has 5 nitrogen and oxygen atoms in total. The molecule has 144 valence electrons. The first kappa shape index (κ1) is 18.2. The summed E-state index contributed by atoms with van der Waals surface area (Å²) in [5.41, 5.74) is 2.22. The number of nitrogens with zero attached hydrogens (tertiary/aromatic N) is 2. The summed E-state index contributed by atoms with van der Waals surface area (Å²) in [5, 5.41) is 0. The van der Waals surface area contributed by atoms with E-state index in [0.29, 0.717) is 32.0 Å². The van der Waals surface area contributed by atoms with Crippen molar-refractivity contribution in [2.45, 2.75) is 70.3 Å². The van der Waals surface area contributed by atoms with Gasteiger partial charge >= 0.3 is 0 Å². The highest BCUT2D eigenvalue weighted by molar-refractivity contribution is 7.89. The molecule has 2 unspecified atom stereocenters. The minimum absolute atomic E-state index is 0.155. The summed E-state index contributed by atoms with van der Waals surface area (Å²) < 4.78 is 28.7. The largest absolute Gasteiger partial charge is 0.312 e. The second-order valence-corrected chi connectivity index (χ2v) is 10.5. The molecule has 0 N–H and O–H groups in total. The van der Waals surface area contributed by atoms with Gasteiger partial charge in [0.2, 0.25) is 10.0 Å². The average Bonchev–Trinajstić information content (AvgIpc) is 2.63. The molecule has 26 heavy (non-hydrogen) atoms. The van der Waals surface area contributed by atoms with E-state index in [4.69, 9.17) is 0 Å². The Balaban J connectivity index is 1.63. The van der Waals surface area contributed by atoms with Crippen LogP contribution in [-0.2, 0) is 16.6 Å². The number of hydrogen-bond donors (Lipinski definition) is 0. The maximum Gasteiger partial charge on any atom is 0.254 e. The first-order valence-corrected chi connectivity index (χ1v) is 11.8. The Morgan fingerprint density at radius 2 is 1.81 bits per heavy atom. The fraction of sp³-hybridized carbons (Fsp3) is 0.750. The fourth-order valence-corrected chi connectivity index (χ4v) is 6.88. The van der Waals surface area contributed by atoms with E-state index < -0.39 is 10.0 Å². The standard InChI is InChI=1S/C20H30N2O3S/c1-2-10-26(24,25)21-12-15-11-17(14-21)19-9-8-18(20(23)22(19)13-15)16-6-4-3-5-7-16/h8-9,15-17H,2-7,10-14H2,1H3. The number of hydrogen-bond acceptors (Lipinski definition) is 3. The highest BCUT2D eigenvalue weighted by atomic mass is 32.2. The van der Waals surface area contributed by atoms with Crippen LogP contribution >= 0.6 is 0 Å². The molecule has 0 spiro atoms. The molecule has 2 aliphatic heterocycles. The van der Waals surface area contributed by atoms with Crippen molar-refractivity contribution < 1.29 is 8.42 Å². The van der Waals surface area contributed by atoms with E-state index >= 15 is 0 Å². The van der Waals surface area contributed by atoms with Crippen molar-refractivity contribution in [3.63, 3.8) is 0 Å². The highest BCUT2D eigenvalue weighted by Gasteiger charge is 2.39. The highest BCUT2D eigenvalue weighted by Crippen LogP contribution is 2.37. The van der Waals surface area contributed by atoms with Crippen LogP contribution in [-0.4, -0.2) is 36.1 Å². The van der Waals surface area contributed by atoms with E-state index in [9.17, 15) is 13.2 Å². The molecule has 2 fully saturated rings. The van der Waals surface area contributed by atoms with Gasteiger partial charge in [-0.3, -0.25) is 4.79 Å². The monoisotopic (exact) mass is 378 g/mol. The SMILES string of the molecule is CCCS(=O)(=O)N1CC2CC(C1)c1ccc(C3CCCCC3)c(=O)n1C2. The molecule has 0 amide bonds. The molecule has 3 heterocycles. The molecule has 0 radical (unpaired) electrons. The maximum atomic E-state index is 13.2. The van der Waals surface area contributed by atoms with E-state index in [0.717, 1.165) is 30.5 Å². The van der Waals surface area contributed by atoms with E-state index in [1.807, 2.05) is 17.6 Å². The predicted molar refractivity (Wildman–Crippen MR) is 103 cm³/mol. The molecule has 1 aromatic rings. The quantitative estimate of drug-likeness (QED) is 0.809. The Bertz CT molecular complexity index is 824. The van der Waals surface area contributed by atoms with Gasteiger partial charge in [0, 0.05) is 36.8 Å². The van der Waals surface area contributed by atoms with Crippen LogP contribution in [0.15, 0.2) is 16.9 Å². The van der Waals surface area contributed by atoms with Gasteiger partial charge in [0.05, 0.1) is 5.75 Å². The van der Waals surface area contributed by atoms with Crippen LogP contribution in [0.3, 0.4) is 0 Å². The lowest BCUT2D eigenvalue weighted by molar-refractivity contribution is 0.185. The van der Waals surface area contributed by atoms with E-state index in [-0.39, 0.29) is 23.1 Å². The van der Waals surface area contributed by atoms with Crippen LogP contribution < -0.4 is 5.56 Å². The van der Waals surface area contributed by atoms with Crippen LogP contribution in [0.4, 0.5) is 0 Å². The Labute approximate surface area is 156 Å². The molecule has 1 saturated heterocycles. The zero-order valence-corrected chi connectivity index (χ0v) is 16.5. The van der Waals surface area contributed by atoms with Crippen molar-refractivity contribution >= 4 is 10.0 Å². The summed E-state index contributed by atoms with van der Waals surface area (Å²) in [6, 6.07) is 4.16. The summed E-state index contributed by atoms with van der Waals surface area (Å²) in [7, 11) is -3.17.